The number of thiophene rings is 1. The Kier molecular flexibility index (Phi) is 6.16. The van der Waals surface area contributed by atoms with Gasteiger partial charge in [-0.2, -0.15) is 0 Å². The molecule has 0 aromatic carbocycles. The second-order valence-electron chi connectivity index (χ2n) is 6.52. The van der Waals surface area contributed by atoms with E-state index in [1.165, 1.54) is 4.88 Å². The molecule has 0 aliphatic rings. The molecule has 0 amide bonds. The Balaban J connectivity index is 2.56. The van der Waals surface area contributed by atoms with Crippen LogP contribution in [0.4, 0.5) is 0 Å². The zero-order valence-corrected chi connectivity index (χ0v) is 13.8. The van der Waals surface area contributed by atoms with Crippen LogP contribution in [0.2, 0.25) is 4.34 Å². The molecule has 0 bridgehead atoms. The molecule has 0 aliphatic carbocycles. The predicted molar refractivity (Wildman–Crippen MR) is 83.7 cm³/mol. The maximum atomic E-state index is 6.01. The van der Waals surface area contributed by atoms with Gasteiger partial charge in [0, 0.05) is 4.88 Å². The van der Waals surface area contributed by atoms with Crippen LogP contribution < -0.4 is 5.32 Å². The third kappa shape index (κ3) is 5.73. The summed E-state index contributed by atoms with van der Waals surface area (Å²) in [5, 5.41) is 3.59. The first-order valence-electron chi connectivity index (χ1n) is 6.74. The van der Waals surface area contributed by atoms with E-state index in [4.69, 9.17) is 11.6 Å². The normalized spacial score (nSPS) is 14.2. The summed E-state index contributed by atoms with van der Waals surface area (Å²) < 4.78 is 0.896. The maximum Gasteiger partial charge on any atom is 0.0931 e. The average Bonchev–Trinajstić information content (AvgIpc) is 2.60. The van der Waals surface area contributed by atoms with Crippen molar-refractivity contribution in [1.29, 1.82) is 0 Å². The summed E-state index contributed by atoms with van der Waals surface area (Å²) in [7, 11) is 0. The summed E-state index contributed by atoms with van der Waals surface area (Å²) in [6.07, 6.45) is 1.12. The van der Waals surface area contributed by atoms with Gasteiger partial charge in [-0.1, -0.05) is 46.2 Å². The van der Waals surface area contributed by atoms with E-state index in [9.17, 15) is 0 Å². The second-order valence-corrected chi connectivity index (χ2v) is 8.32. The van der Waals surface area contributed by atoms with Gasteiger partial charge in [-0.15, -0.1) is 11.3 Å². The van der Waals surface area contributed by atoms with Gasteiger partial charge < -0.3 is 5.32 Å². The first-order chi connectivity index (χ1) is 8.29. The van der Waals surface area contributed by atoms with Crippen molar-refractivity contribution < 1.29 is 0 Å². The van der Waals surface area contributed by atoms with Gasteiger partial charge in [-0.25, -0.2) is 0 Å². The lowest BCUT2D eigenvalue weighted by Crippen LogP contribution is -2.34. The van der Waals surface area contributed by atoms with Gasteiger partial charge in [-0.05, 0) is 48.9 Å². The molecule has 0 spiro atoms. The van der Waals surface area contributed by atoms with E-state index in [1.807, 2.05) is 6.07 Å². The van der Waals surface area contributed by atoms with Crippen molar-refractivity contribution in [2.45, 2.75) is 41.0 Å². The second kappa shape index (κ2) is 6.93. The molecule has 1 unspecified atom stereocenters. The molecule has 3 heteroatoms. The minimum absolute atomic E-state index is 0.320. The van der Waals surface area contributed by atoms with Gasteiger partial charge in [0.25, 0.3) is 0 Å². The van der Waals surface area contributed by atoms with Crippen molar-refractivity contribution in [3.63, 3.8) is 0 Å². The highest BCUT2D eigenvalue weighted by atomic mass is 35.5. The van der Waals surface area contributed by atoms with Crippen molar-refractivity contribution in [2.24, 2.45) is 17.3 Å². The molecule has 0 fully saturated rings. The molecular weight excluding hydrogens is 262 g/mol. The SMILES string of the molecule is CC(C)CNCC(Cc1ccc(Cl)s1)C(C)(C)C. The number of hydrogen-bond acceptors (Lipinski definition) is 2. The minimum Gasteiger partial charge on any atom is -0.316 e. The van der Waals surface area contributed by atoms with Crippen LogP contribution in [0.25, 0.3) is 0 Å². The molecule has 0 saturated carbocycles. The largest absolute Gasteiger partial charge is 0.316 e. The fourth-order valence-electron chi connectivity index (χ4n) is 1.94. The Bertz CT molecular complexity index is 352. The zero-order valence-electron chi connectivity index (χ0n) is 12.2. The number of nitrogens with one attached hydrogen (secondary N) is 1. The summed E-state index contributed by atoms with van der Waals surface area (Å²) in [6, 6.07) is 4.16. The summed E-state index contributed by atoms with van der Waals surface area (Å²) in [4.78, 5) is 1.39. The molecule has 0 saturated heterocycles. The number of hydrogen-bond donors (Lipinski definition) is 1. The summed E-state index contributed by atoms with van der Waals surface area (Å²) in [5.41, 5.74) is 0.320. The average molecular weight is 288 g/mol. The van der Waals surface area contributed by atoms with E-state index in [-0.39, 0.29) is 0 Å². The van der Waals surface area contributed by atoms with Crippen LogP contribution in [0, 0.1) is 17.3 Å². The molecule has 1 nitrogen and oxygen atoms in total. The highest BCUT2D eigenvalue weighted by Crippen LogP contribution is 2.32. The quantitative estimate of drug-likeness (QED) is 0.788. The van der Waals surface area contributed by atoms with Crippen LogP contribution in [0.1, 0.15) is 39.5 Å². The molecule has 18 heavy (non-hydrogen) atoms. The summed E-state index contributed by atoms with van der Waals surface area (Å²) in [6.45, 7) is 13.6. The third-order valence-corrected chi connectivity index (χ3v) is 4.50. The summed E-state index contributed by atoms with van der Waals surface area (Å²) in [5.74, 6) is 1.35. The highest BCUT2D eigenvalue weighted by molar-refractivity contribution is 7.16. The minimum atomic E-state index is 0.320. The fraction of sp³-hybridized carbons (Fsp3) is 0.733. The van der Waals surface area contributed by atoms with Gasteiger partial charge in [0.05, 0.1) is 4.34 Å². The lowest BCUT2D eigenvalue weighted by molar-refractivity contribution is 0.230. The highest BCUT2D eigenvalue weighted by Gasteiger charge is 2.25. The van der Waals surface area contributed by atoms with Crippen molar-refractivity contribution >= 4 is 22.9 Å². The zero-order chi connectivity index (χ0) is 13.8. The Morgan fingerprint density at radius 2 is 1.89 bits per heavy atom. The molecule has 1 aromatic heterocycles. The maximum absolute atomic E-state index is 6.01. The van der Waals surface area contributed by atoms with Crippen LogP contribution in [-0.4, -0.2) is 13.1 Å². The predicted octanol–water partition coefficient (Wildman–Crippen LogP) is 4.85. The monoisotopic (exact) mass is 287 g/mol. The van der Waals surface area contributed by atoms with Crippen LogP contribution in [0.15, 0.2) is 12.1 Å². The smallest absolute Gasteiger partial charge is 0.0931 e. The van der Waals surface area contributed by atoms with Crippen molar-refractivity contribution in [1.82, 2.24) is 5.32 Å². The van der Waals surface area contributed by atoms with Crippen molar-refractivity contribution in [3.05, 3.63) is 21.3 Å². The van der Waals surface area contributed by atoms with E-state index < -0.39 is 0 Å². The lowest BCUT2D eigenvalue weighted by Gasteiger charge is -2.31. The van der Waals surface area contributed by atoms with Gasteiger partial charge in [0.15, 0.2) is 0 Å². The molecule has 0 radical (unpaired) electrons. The van der Waals surface area contributed by atoms with Crippen LogP contribution in [0.3, 0.4) is 0 Å². The van der Waals surface area contributed by atoms with E-state index in [1.54, 1.807) is 11.3 Å². The van der Waals surface area contributed by atoms with Crippen molar-refractivity contribution in [2.75, 3.05) is 13.1 Å². The van der Waals surface area contributed by atoms with E-state index in [2.05, 4.69) is 46.0 Å². The van der Waals surface area contributed by atoms with E-state index in [0.717, 1.165) is 23.8 Å². The molecule has 1 atom stereocenters. The van der Waals surface area contributed by atoms with Crippen LogP contribution >= 0.6 is 22.9 Å². The Morgan fingerprint density at radius 1 is 1.22 bits per heavy atom. The first kappa shape index (κ1) is 16.0. The molecule has 104 valence electrons. The van der Waals surface area contributed by atoms with Crippen molar-refractivity contribution in [3.8, 4) is 0 Å². The Morgan fingerprint density at radius 3 is 2.33 bits per heavy atom. The summed E-state index contributed by atoms with van der Waals surface area (Å²) >= 11 is 7.72. The molecule has 1 aromatic rings. The van der Waals surface area contributed by atoms with Gasteiger partial charge in [0.2, 0.25) is 0 Å². The van der Waals surface area contributed by atoms with Gasteiger partial charge in [0.1, 0.15) is 0 Å². The molecular formula is C15H26ClNS. The fourth-order valence-corrected chi connectivity index (χ4v) is 3.10. The molecule has 1 N–H and O–H groups in total. The number of rotatable bonds is 6. The van der Waals surface area contributed by atoms with E-state index >= 15 is 0 Å². The van der Waals surface area contributed by atoms with Crippen LogP contribution in [-0.2, 0) is 6.42 Å². The van der Waals surface area contributed by atoms with Crippen LogP contribution in [0.5, 0.6) is 0 Å². The molecule has 1 heterocycles. The Hall–Kier alpha value is -0.0500. The Labute approximate surface area is 121 Å². The van der Waals surface area contributed by atoms with Gasteiger partial charge >= 0.3 is 0 Å². The third-order valence-electron chi connectivity index (χ3n) is 3.24. The first-order valence-corrected chi connectivity index (χ1v) is 7.93. The standard InChI is InChI=1S/C15H26ClNS/c1-11(2)9-17-10-12(15(3,4)5)8-13-6-7-14(16)18-13/h6-7,11-12,17H,8-10H2,1-5H3. The molecule has 1 rings (SSSR count). The molecule has 0 aliphatic heterocycles. The number of halogens is 1. The van der Waals surface area contributed by atoms with E-state index in [0.29, 0.717) is 17.3 Å². The van der Waals surface area contributed by atoms with Gasteiger partial charge in [-0.3, -0.25) is 0 Å². The topological polar surface area (TPSA) is 12.0 Å². The lowest BCUT2D eigenvalue weighted by atomic mass is 9.78.